The fourth-order valence-corrected chi connectivity index (χ4v) is 1.85. The molecule has 0 radical (unpaired) electrons. The molecule has 0 bridgehead atoms. The molecule has 0 amide bonds. The highest BCUT2D eigenvalue weighted by atomic mass is 15.4. The Balaban J connectivity index is 2.16. The van der Waals surface area contributed by atoms with Crippen molar-refractivity contribution < 1.29 is 0 Å². The first-order valence-corrected chi connectivity index (χ1v) is 6.39. The maximum Gasteiger partial charge on any atom is 0.0906 e. The van der Waals surface area contributed by atoms with Crippen molar-refractivity contribution in [3.05, 3.63) is 58.7 Å². The van der Waals surface area contributed by atoms with Gasteiger partial charge in [-0.25, -0.2) is 0 Å². The summed E-state index contributed by atoms with van der Waals surface area (Å²) in [5.74, 6) is 0. The van der Waals surface area contributed by atoms with Crippen molar-refractivity contribution in [1.29, 1.82) is 0 Å². The Hall–Kier alpha value is -2.16. The molecule has 0 spiro atoms. The molecule has 0 aliphatic rings. The summed E-state index contributed by atoms with van der Waals surface area (Å²) in [6, 6.07) is 12.1. The van der Waals surface area contributed by atoms with Crippen LogP contribution in [0.2, 0.25) is 0 Å². The van der Waals surface area contributed by atoms with E-state index >= 15 is 0 Å². The number of nitrogens with zero attached hydrogens (tertiary/aromatic N) is 2. The monoisotopic (exact) mass is 253 g/mol. The molecule has 1 N–H and O–H groups in total. The number of aryl methyl sites for hydroxylation is 2. The number of nitrogens with one attached hydrogen (secondary N) is 1. The lowest BCUT2D eigenvalue weighted by Gasteiger charge is -2.07. The van der Waals surface area contributed by atoms with Crippen LogP contribution in [0.15, 0.2) is 46.7 Å². The van der Waals surface area contributed by atoms with Gasteiger partial charge in [-0.15, -0.1) is 5.11 Å². The topological polar surface area (TPSA) is 36.8 Å². The average Bonchev–Trinajstić information content (AvgIpc) is 2.39. The lowest BCUT2D eigenvalue weighted by atomic mass is 10.1. The van der Waals surface area contributed by atoms with Gasteiger partial charge in [0, 0.05) is 0 Å². The van der Waals surface area contributed by atoms with E-state index in [4.69, 9.17) is 0 Å². The van der Waals surface area contributed by atoms with Crippen molar-refractivity contribution in [3.63, 3.8) is 0 Å². The zero-order valence-corrected chi connectivity index (χ0v) is 11.9. The van der Waals surface area contributed by atoms with Crippen LogP contribution in [0.3, 0.4) is 0 Å². The predicted octanol–water partition coefficient (Wildman–Crippen LogP) is 5.03. The third-order valence-corrected chi connectivity index (χ3v) is 3.51. The van der Waals surface area contributed by atoms with Gasteiger partial charge in [0.1, 0.15) is 0 Å². The van der Waals surface area contributed by atoms with E-state index in [0.29, 0.717) is 0 Å². The highest BCUT2D eigenvalue weighted by molar-refractivity contribution is 5.53. The van der Waals surface area contributed by atoms with Crippen LogP contribution in [0.1, 0.15) is 22.3 Å². The fourth-order valence-electron chi connectivity index (χ4n) is 1.85. The fraction of sp³-hybridized carbons (Fsp3) is 0.250. The van der Waals surface area contributed by atoms with Crippen molar-refractivity contribution in [2.24, 2.45) is 10.3 Å². The van der Waals surface area contributed by atoms with E-state index < -0.39 is 0 Å². The Morgan fingerprint density at radius 3 is 2.16 bits per heavy atom. The molecule has 0 aliphatic heterocycles. The quantitative estimate of drug-likeness (QED) is 0.604. The van der Waals surface area contributed by atoms with Gasteiger partial charge in [0.25, 0.3) is 0 Å². The number of rotatable bonds is 3. The average molecular weight is 253 g/mol. The van der Waals surface area contributed by atoms with Crippen molar-refractivity contribution in [3.8, 4) is 0 Å². The molecule has 2 aromatic rings. The summed E-state index contributed by atoms with van der Waals surface area (Å²) in [5.41, 5.74) is 9.73. The largest absolute Gasteiger partial charge is 0.260 e. The Labute approximate surface area is 114 Å². The summed E-state index contributed by atoms with van der Waals surface area (Å²) in [4.78, 5) is 0. The maximum atomic E-state index is 4.25. The van der Waals surface area contributed by atoms with Gasteiger partial charge in [-0.3, -0.25) is 5.43 Å². The maximum absolute atomic E-state index is 4.25. The standard InChI is InChI=1S/C16H19N3/c1-11-7-5-9-15(13(11)3)17-19-18-16-10-6-8-12(2)14(16)4/h5-10H,1-4H3,(H,17,18). The van der Waals surface area contributed by atoms with Gasteiger partial charge in [-0.2, -0.15) is 0 Å². The van der Waals surface area contributed by atoms with E-state index in [1.807, 2.05) is 24.3 Å². The van der Waals surface area contributed by atoms with E-state index in [9.17, 15) is 0 Å². The molecule has 0 aliphatic carbocycles. The van der Waals surface area contributed by atoms with Crippen molar-refractivity contribution >= 4 is 11.4 Å². The second-order valence-corrected chi connectivity index (χ2v) is 4.78. The van der Waals surface area contributed by atoms with E-state index in [1.165, 1.54) is 16.7 Å². The third kappa shape index (κ3) is 2.99. The summed E-state index contributed by atoms with van der Waals surface area (Å²) in [5, 5.41) is 8.34. The highest BCUT2D eigenvalue weighted by Crippen LogP contribution is 2.22. The second kappa shape index (κ2) is 5.65. The Kier molecular flexibility index (Phi) is 3.95. The van der Waals surface area contributed by atoms with Gasteiger partial charge in [-0.1, -0.05) is 29.5 Å². The van der Waals surface area contributed by atoms with Crippen molar-refractivity contribution in [2.75, 3.05) is 5.43 Å². The first-order valence-electron chi connectivity index (χ1n) is 6.39. The molecule has 19 heavy (non-hydrogen) atoms. The molecule has 98 valence electrons. The van der Waals surface area contributed by atoms with Crippen LogP contribution in [-0.2, 0) is 0 Å². The van der Waals surface area contributed by atoms with E-state index in [2.05, 4.69) is 55.6 Å². The van der Waals surface area contributed by atoms with E-state index in [-0.39, 0.29) is 0 Å². The van der Waals surface area contributed by atoms with Gasteiger partial charge in [-0.05, 0) is 62.1 Å². The first kappa shape index (κ1) is 13.3. The van der Waals surface area contributed by atoms with Gasteiger partial charge < -0.3 is 0 Å². The molecule has 3 nitrogen and oxygen atoms in total. The molecule has 0 unspecified atom stereocenters. The van der Waals surface area contributed by atoms with Gasteiger partial charge in [0.2, 0.25) is 0 Å². The minimum absolute atomic E-state index is 0.901. The molecule has 0 heterocycles. The van der Waals surface area contributed by atoms with Crippen LogP contribution in [0.4, 0.5) is 11.4 Å². The van der Waals surface area contributed by atoms with Crippen LogP contribution in [0, 0.1) is 27.7 Å². The number of anilines is 1. The van der Waals surface area contributed by atoms with Crippen LogP contribution in [0.25, 0.3) is 0 Å². The summed E-state index contributed by atoms with van der Waals surface area (Å²) >= 11 is 0. The molecule has 2 aromatic carbocycles. The van der Waals surface area contributed by atoms with Gasteiger partial charge in [0.15, 0.2) is 0 Å². The molecule has 3 heteroatoms. The van der Waals surface area contributed by atoms with Crippen molar-refractivity contribution in [2.45, 2.75) is 27.7 Å². The highest BCUT2D eigenvalue weighted by Gasteiger charge is 2.00. The minimum Gasteiger partial charge on any atom is -0.260 e. The zero-order valence-electron chi connectivity index (χ0n) is 11.9. The van der Waals surface area contributed by atoms with E-state index in [1.54, 1.807) is 0 Å². The number of hydrogen-bond donors (Lipinski definition) is 1. The molecule has 0 atom stereocenters. The Bertz CT molecular complexity index is 615. The Morgan fingerprint density at radius 1 is 0.789 bits per heavy atom. The van der Waals surface area contributed by atoms with Crippen LogP contribution in [0.5, 0.6) is 0 Å². The molecule has 0 saturated carbocycles. The summed E-state index contributed by atoms with van der Waals surface area (Å²) in [6.45, 7) is 8.29. The molecule has 0 aromatic heterocycles. The molecular weight excluding hydrogens is 234 g/mol. The third-order valence-electron chi connectivity index (χ3n) is 3.51. The van der Waals surface area contributed by atoms with Gasteiger partial charge >= 0.3 is 0 Å². The predicted molar refractivity (Wildman–Crippen MR) is 80.0 cm³/mol. The van der Waals surface area contributed by atoms with Crippen LogP contribution >= 0.6 is 0 Å². The minimum atomic E-state index is 0.901. The lowest BCUT2D eigenvalue weighted by molar-refractivity contribution is 1.10. The van der Waals surface area contributed by atoms with Crippen molar-refractivity contribution in [1.82, 2.24) is 0 Å². The molecule has 2 rings (SSSR count). The van der Waals surface area contributed by atoms with Gasteiger partial charge in [0.05, 0.1) is 11.4 Å². The second-order valence-electron chi connectivity index (χ2n) is 4.78. The first-order chi connectivity index (χ1) is 9.09. The van der Waals surface area contributed by atoms with E-state index in [0.717, 1.165) is 16.9 Å². The summed E-state index contributed by atoms with van der Waals surface area (Å²) in [6.07, 6.45) is 0. The summed E-state index contributed by atoms with van der Waals surface area (Å²) < 4.78 is 0. The molecule has 0 saturated heterocycles. The van der Waals surface area contributed by atoms with Crippen LogP contribution < -0.4 is 5.43 Å². The lowest BCUT2D eigenvalue weighted by Crippen LogP contribution is -1.92. The SMILES string of the molecule is Cc1cccc(N=NNc2cccc(C)c2C)c1C. The number of hydrogen-bond acceptors (Lipinski definition) is 2. The zero-order chi connectivity index (χ0) is 13.8. The molecular formula is C16H19N3. The smallest absolute Gasteiger partial charge is 0.0906 e. The Morgan fingerprint density at radius 2 is 1.42 bits per heavy atom. The molecule has 0 fully saturated rings. The normalized spacial score (nSPS) is 10.9. The number of benzene rings is 2. The summed E-state index contributed by atoms with van der Waals surface area (Å²) in [7, 11) is 0. The van der Waals surface area contributed by atoms with Crippen LogP contribution in [-0.4, -0.2) is 0 Å².